The van der Waals surface area contributed by atoms with Gasteiger partial charge in [0.1, 0.15) is 23.4 Å². The zero-order chi connectivity index (χ0) is 13.8. The van der Waals surface area contributed by atoms with E-state index in [4.69, 9.17) is 11.0 Å². The third-order valence-corrected chi connectivity index (χ3v) is 3.52. The maximum atomic E-state index is 13.6. The summed E-state index contributed by atoms with van der Waals surface area (Å²) in [4.78, 5) is 3.78. The van der Waals surface area contributed by atoms with Gasteiger partial charge in [0.2, 0.25) is 0 Å². The number of nitrogen functional groups attached to an aromatic ring is 1. The van der Waals surface area contributed by atoms with Crippen molar-refractivity contribution in [2.24, 2.45) is 0 Å². The normalized spacial score (nSPS) is 10.2. The van der Waals surface area contributed by atoms with E-state index in [0.717, 1.165) is 23.9 Å². The fraction of sp³-hybridized carbons (Fsp3) is 0.0769. The van der Waals surface area contributed by atoms with Crippen LogP contribution in [0.5, 0.6) is 0 Å². The van der Waals surface area contributed by atoms with E-state index in [1.807, 2.05) is 6.07 Å². The molecular weight excluding hydrogens is 268 g/mol. The summed E-state index contributed by atoms with van der Waals surface area (Å²) in [6, 6.07) is 7.45. The Morgan fingerprint density at radius 1 is 1.32 bits per heavy atom. The quantitative estimate of drug-likeness (QED) is 0.691. The molecule has 0 aliphatic carbocycles. The highest BCUT2D eigenvalue weighted by Gasteiger charge is 2.12. The molecule has 0 bridgehead atoms. The molecule has 0 saturated carbocycles. The van der Waals surface area contributed by atoms with Crippen molar-refractivity contribution in [3.05, 3.63) is 53.4 Å². The van der Waals surface area contributed by atoms with Gasteiger partial charge in [-0.2, -0.15) is 5.26 Å². The highest BCUT2D eigenvalue weighted by atomic mass is 32.2. The van der Waals surface area contributed by atoms with Crippen LogP contribution in [0.3, 0.4) is 0 Å². The number of rotatable bonds is 3. The van der Waals surface area contributed by atoms with E-state index in [0.29, 0.717) is 5.56 Å². The molecule has 0 saturated heterocycles. The smallest absolute Gasteiger partial charge is 0.144 e. The molecule has 1 heterocycles. The lowest BCUT2D eigenvalue weighted by atomic mass is 10.2. The summed E-state index contributed by atoms with van der Waals surface area (Å²) < 4.78 is 27.1. The molecule has 0 fully saturated rings. The zero-order valence-corrected chi connectivity index (χ0v) is 10.5. The Labute approximate surface area is 113 Å². The fourth-order valence-electron chi connectivity index (χ4n) is 1.52. The lowest BCUT2D eigenvalue weighted by Crippen LogP contribution is -1.95. The van der Waals surface area contributed by atoms with Crippen LogP contribution in [-0.2, 0) is 5.75 Å². The van der Waals surface area contributed by atoms with Gasteiger partial charge in [0.15, 0.2) is 0 Å². The molecule has 0 radical (unpaired) electrons. The monoisotopic (exact) mass is 277 g/mol. The number of nitrogens with zero attached hydrogens (tertiary/aromatic N) is 2. The van der Waals surface area contributed by atoms with Gasteiger partial charge in [-0.25, -0.2) is 13.8 Å². The molecule has 0 spiro atoms. The first-order valence-corrected chi connectivity index (χ1v) is 6.31. The summed E-state index contributed by atoms with van der Waals surface area (Å²) in [5, 5.41) is 8.87. The van der Waals surface area contributed by atoms with Gasteiger partial charge in [-0.1, -0.05) is 6.07 Å². The second-order valence-electron chi connectivity index (χ2n) is 3.73. The first-order valence-electron chi connectivity index (χ1n) is 5.33. The summed E-state index contributed by atoms with van der Waals surface area (Å²) in [6.07, 6.45) is 1.50. The predicted octanol–water partition coefficient (Wildman–Crippen LogP) is 3.11. The Kier molecular flexibility index (Phi) is 3.97. The molecule has 96 valence electrons. The minimum atomic E-state index is -0.704. The van der Waals surface area contributed by atoms with Gasteiger partial charge >= 0.3 is 0 Å². The van der Waals surface area contributed by atoms with Crippen molar-refractivity contribution >= 4 is 17.4 Å². The number of aromatic nitrogens is 1. The zero-order valence-electron chi connectivity index (χ0n) is 9.73. The number of nitrogens with two attached hydrogens (primary N) is 1. The highest BCUT2D eigenvalue weighted by molar-refractivity contribution is 7.98. The van der Waals surface area contributed by atoms with E-state index >= 15 is 0 Å². The molecule has 6 heteroatoms. The third-order valence-electron chi connectivity index (χ3n) is 2.39. The second kappa shape index (κ2) is 5.67. The fourth-order valence-corrected chi connectivity index (χ4v) is 2.45. The number of nitriles is 1. The van der Waals surface area contributed by atoms with E-state index in [9.17, 15) is 8.78 Å². The van der Waals surface area contributed by atoms with Crippen LogP contribution in [-0.4, -0.2) is 4.98 Å². The van der Waals surface area contributed by atoms with Crippen molar-refractivity contribution < 1.29 is 8.78 Å². The molecule has 0 unspecified atom stereocenters. The van der Waals surface area contributed by atoms with Gasteiger partial charge in [0, 0.05) is 17.6 Å². The maximum Gasteiger partial charge on any atom is 0.144 e. The van der Waals surface area contributed by atoms with E-state index < -0.39 is 11.6 Å². The Morgan fingerprint density at radius 3 is 2.63 bits per heavy atom. The van der Waals surface area contributed by atoms with Crippen LogP contribution in [0.4, 0.5) is 14.5 Å². The van der Waals surface area contributed by atoms with E-state index in [1.54, 1.807) is 12.1 Å². The van der Waals surface area contributed by atoms with Crippen LogP contribution >= 0.6 is 11.8 Å². The predicted molar refractivity (Wildman–Crippen MR) is 69.3 cm³/mol. The highest BCUT2D eigenvalue weighted by Crippen LogP contribution is 2.30. The average Bonchev–Trinajstić information content (AvgIpc) is 2.38. The van der Waals surface area contributed by atoms with E-state index in [-0.39, 0.29) is 22.0 Å². The second-order valence-corrected chi connectivity index (χ2v) is 4.71. The first-order chi connectivity index (χ1) is 9.11. The van der Waals surface area contributed by atoms with Gasteiger partial charge < -0.3 is 5.73 Å². The number of thioether (sulfide) groups is 1. The minimum Gasteiger partial charge on any atom is -0.399 e. The van der Waals surface area contributed by atoms with Gasteiger partial charge in [-0.05, 0) is 23.8 Å². The maximum absolute atomic E-state index is 13.6. The number of hydrogen-bond acceptors (Lipinski definition) is 4. The molecule has 2 N–H and O–H groups in total. The standard InChI is InChI=1S/C13H9F2N3S/c14-10-4-9(17)5-11(15)13(10)19-7-8-2-1-3-18-12(8)6-16/h1-5H,7,17H2. The summed E-state index contributed by atoms with van der Waals surface area (Å²) in [6.45, 7) is 0. The third kappa shape index (κ3) is 3.01. The SMILES string of the molecule is N#Cc1ncccc1CSc1c(F)cc(N)cc1F. The molecule has 3 nitrogen and oxygen atoms in total. The molecule has 2 aromatic rings. The van der Waals surface area contributed by atoms with Gasteiger partial charge in [0.25, 0.3) is 0 Å². The minimum absolute atomic E-state index is 0.0402. The lowest BCUT2D eigenvalue weighted by Gasteiger charge is -2.06. The van der Waals surface area contributed by atoms with Crippen molar-refractivity contribution in [1.82, 2.24) is 4.98 Å². The summed E-state index contributed by atoms with van der Waals surface area (Å²) in [7, 11) is 0. The molecule has 0 aliphatic heterocycles. The van der Waals surface area contributed by atoms with Crippen molar-refractivity contribution in [2.45, 2.75) is 10.6 Å². The number of hydrogen-bond donors (Lipinski definition) is 1. The topological polar surface area (TPSA) is 62.7 Å². The van der Waals surface area contributed by atoms with Crippen molar-refractivity contribution in [3.8, 4) is 6.07 Å². The summed E-state index contributed by atoms with van der Waals surface area (Å²) in [5.41, 5.74) is 6.27. The molecule has 2 rings (SSSR count). The lowest BCUT2D eigenvalue weighted by molar-refractivity contribution is 0.542. The molecule has 0 amide bonds. The van der Waals surface area contributed by atoms with Crippen molar-refractivity contribution in [1.29, 1.82) is 5.26 Å². The number of benzene rings is 1. The molecule has 0 atom stereocenters. The average molecular weight is 277 g/mol. The van der Waals surface area contributed by atoms with Crippen LogP contribution in [0.15, 0.2) is 35.4 Å². The molecule has 0 aliphatic rings. The van der Waals surface area contributed by atoms with Crippen molar-refractivity contribution in [2.75, 3.05) is 5.73 Å². The Bertz CT molecular complexity index is 630. The number of halogens is 2. The Morgan fingerprint density at radius 2 is 2.00 bits per heavy atom. The van der Waals surface area contributed by atoms with E-state index in [1.165, 1.54) is 6.20 Å². The van der Waals surface area contributed by atoms with E-state index in [2.05, 4.69) is 4.98 Å². The van der Waals surface area contributed by atoms with Crippen LogP contribution in [0.25, 0.3) is 0 Å². The molecule has 1 aromatic carbocycles. The molecule has 19 heavy (non-hydrogen) atoms. The van der Waals surface area contributed by atoms with Gasteiger partial charge in [-0.15, -0.1) is 11.8 Å². The first kappa shape index (κ1) is 13.3. The summed E-state index contributed by atoms with van der Waals surface area (Å²) >= 11 is 0.968. The molecule has 1 aromatic heterocycles. The summed E-state index contributed by atoms with van der Waals surface area (Å²) in [5.74, 6) is -1.15. The molecular formula is C13H9F2N3S. The van der Waals surface area contributed by atoms with Crippen LogP contribution in [0.2, 0.25) is 0 Å². The number of pyridine rings is 1. The Balaban J connectivity index is 2.22. The van der Waals surface area contributed by atoms with Crippen LogP contribution < -0.4 is 5.73 Å². The number of anilines is 1. The van der Waals surface area contributed by atoms with Crippen LogP contribution in [0, 0.1) is 23.0 Å². The van der Waals surface area contributed by atoms with Crippen LogP contribution in [0.1, 0.15) is 11.3 Å². The Hall–Kier alpha value is -2.13. The van der Waals surface area contributed by atoms with Crippen molar-refractivity contribution in [3.63, 3.8) is 0 Å². The van der Waals surface area contributed by atoms with Gasteiger partial charge in [-0.3, -0.25) is 0 Å². The largest absolute Gasteiger partial charge is 0.399 e. The van der Waals surface area contributed by atoms with Gasteiger partial charge in [0.05, 0.1) is 4.90 Å².